The molecular formula is C15H22N2O2S. The number of nitrogens with zero attached hydrogens (tertiary/aromatic N) is 1. The van der Waals surface area contributed by atoms with Crippen molar-refractivity contribution in [3.63, 3.8) is 0 Å². The van der Waals surface area contributed by atoms with Gasteiger partial charge in [-0.2, -0.15) is 0 Å². The summed E-state index contributed by atoms with van der Waals surface area (Å²) in [7, 11) is 0. The van der Waals surface area contributed by atoms with Crippen molar-refractivity contribution in [1.29, 1.82) is 0 Å². The van der Waals surface area contributed by atoms with Gasteiger partial charge in [0.05, 0.1) is 12.1 Å². The minimum atomic E-state index is 0.717. The summed E-state index contributed by atoms with van der Waals surface area (Å²) in [4.78, 5) is 3.26. The first-order valence-electron chi connectivity index (χ1n) is 7.20. The zero-order chi connectivity index (χ0) is 14.4. The minimum Gasteiger partial charge on any atom is -0.491 e. The molecule has 0 radical (unpaired) electrons. The van der Waals surface area contributed by atoms with Crippen LogP contribution in [0.5, 0.6) is 5.75 Å². The number of imidazole rings is 1. The van der Waals surface area contributed by atoms with Gasteiger partial charge in [-0.25, -0.2) is 0 Å². The molecule has 1 heterocycles. The van der Waals surface area contributed by atoms with Crippen molar-refractivity contribution < 1.29 is 9.47 Å². The third-order valence-corrected chi connectivity index (χ3v) is 3.43. The van der Waals surface area contributed by atoms with E-state index < -0.39 is 0 Å². The Kier molecular flexibility index (Phi) is 5.61. The molecule has 0 bridgehead atoms. The lowest BCUT2D eigenvalue weighted by Gasteiger charge is -2.07. The molecule has 0 spiro atoms. The van der Waals surface area contributed by atoms with Crippen LogP contribution >= 0.6 is 12.2 Å². The molecule has 5 heteroatoms. The second-order valence-electron chi connectivity index (χ2n) is 4.63. The van der Waals surface area contributed by atoms with Crippen molar-refractivity contribution in [1.82, 2.24) is 9.55 Å². The Hall–Kier alpha value is -1.33. The average molecular weight is 294 g/mol. The Morgan fingerprint density at radius 3 is 2.85 bits per heavy atom. The van der Waals surface area contributed by atoms with Crippen LogP contribution in [0.3, 0.4) is 0 Å². The maximum absolute atomic E-state index is 5.76. The number of aromatic amines is 1. The molecule has 0 aliphatic heterocycles. The molecule has 0 fully saturated rings. The zero-order valence-electron chi connectivity index (χ0n) is 12.1. The third-order valence-electron chi connectivity index (χ3n) is 3.11. The highest BCUT2D eigenvalue weighted by atomic mass is 32.1. The van der Waals surface area contributed by atoms with E-state index in [9.17, 15) is 0 Å². The number of para-hydroxylation sites is 1. The highest BCUT2D eigenvalue weighted by Crippen LogP contribution is 2.25. The predicted octanol–water partition coefficient (Wildman–Crippen LogP) is 3.91. The Morgan fingerprint density at radius 2 is 2.10 bits per heavy atom. The molecule has 2 aromatic rings. The van der Waals surface area contributed by atoms with Gasteiger partial charge in [-0.15, -0.1) is 0 Å². The summed E-state index contributed by atoms with van der Waals surface area (Å²) in [6, 6.07) is 6.06. The molecule has 0 saturated carbocycles. The summed E-state index contributed by atoms with van der Waals surface area (Å²) < 4.78 is 14.0. The molecule has 0 unspecified atom stereocenters. The van der Waals surface area contributed by atoms with E-state index in [1.807, 2.05) is 19.1 Å². The van der Waals surface area contributed by atoms with Crippen molar-refractivity contribution in [3.8, 4) is 5.75 Å². The molecule has 0 aliphatic rings. The van der Waals surface area contributed by atoms with E-state index in [0.29, 0.717) is 0 Å². The van der Waals surface area contributed by atoms with Gasteiger partial charge in [-0.05, 0) is 44.1 Å². The Morgan fingerprint density at radius 1 is 1.25 bits per heavy atom. The van der Waals surface area contributed by atoms with Crippen molar-refractivity contribution in [2.75, 3.05) is 19.8 Å². The van der Waals surface area contributed by atoms with Gasteiger partial charge < -0.3 is 19.0 Å². The molecule has 0 atom stereocenters. The smallest absolute Gasteiger partial charge is 0.178 e. The summed E-state index contributed by atoms with van der Waals surface area (Å²) in [5.74, 6) is 0.874. The third kappa shape index (κ3) is 3.41. The van der Waals surface area contributed by atoms with Crippen LogP contribution in [0.2, 0.25) is 0 Å². The van der Waals surface area contributed by atoms with E-state index in [2.05, 4.69) is 22.5 Å². The first-order chi connectivity index (χ1) is 9.77. The fourth-order valence-electron chi connectivity index (χ4n) is 2.18. The van der Waals surface area contributed by atoms with Crippen LogP contribution in [0.25, 0.3) is 11.0 Å². The molecule has 0 aliphatic carbocycles. The molecule has 0 amide bonds. The number of fused-ring (bicyclic) bond motifs is 1. The first kappa shape index (κ1) is 15.1. The normalized spacial score (nSPS) is 11.1. The van der Waals surface area contributed by atoms with Gasteiger partial charge >= 0.3 is 0 Å². The van der Waals surface area contributed by atoms with Crippen LogP contribution in [0, 0.1) is 4.77 Å². The van der Waals surface area contributed by atoms with E-state index in [4.69, 9.17) is 21.7 Å². The van der Waals surface area contributed by atoms with Gasteiger partial charge in [0, 0.05) is 19.8 Å². The maximum Gasteiger partial charge on any atom is 0.178 e. The Bertz CT molecular complexity index is 603. The summed E-state index contributed by atoms with van der Waals surface area (Å²) >= 11 is 5.41. The van der Waals surface area contributed by atoms with E-state index >= 15 is 0 Å². The molecule has 20 heavy (non-hydrogen) atoms. The number of ether oxygens (including phenoxy) is 2. The lowest BCUT2D eigenvalue weighted by molar-refractivity contribution is 0.142. The summed E-state index contributed by atoms with van der Waals surface area (Å²) in [5.41, 5.74) is 2.09. The highest BCUT2D eigenvalue weighted by Gasteiger charge is 2.08. The van der Waals surface area contributed by atoms with E-state index in [-0.39, 0.29) is 0 Å². The van der Waals surface area contributed by atoms with E-state index in [1.54, 1.807) is 0 Å². The second kappa shape index (κ2) is 7.45. The van der Waals surface area contributed by atoms with Crippen LogP contribution in [-0.4, -0.2) is 29.4 Å². The van der Waals surface area contributed by atoms with Crippen LogP contribution in [0.1, 0.15) is 26.7 Å². The number of benzene rings is 1. The summed E-state index contributed by atoms with van der Waals surface area (Å²) in [6.07, 6.45) is 1.95. The molecule has 0 saturated heterocycles. The quantitative estimate of drug-likeness (QED) is 0.592. The van der Waals surface area contributed by atoms with Crippen molar-refractivity contribution >= 4 is 23.3 Å². The molecule has 1 aromatic heterocycles. The van der Waals surface area contributed by atoms with Gasteiger partial charge in [-0.3, -0.25) is 0 Å². The van der Waals surface area contributed by atoms with Gasteiger partial charge in [0.25, 0.3) is 0 Å². The summed E-state index contributed by atoms with van der Waals surface area (Å²) in [5, 5.41) is 0. The summed E-state index contributed by atoms with van der Waals surface area (Å²) in [6.45, 7) is 7.20. The van der Waals surface area contributed by atoms with Crippen LogP contribution < -0.4 is 4.74 Å². The van der Waals surface area contributed by atoms with Gasteiger partial charge in [0.2, 0.25) is 0 Å². The average Bonchev–Trinajstić information content (AvgIpc) is 2.78. The molecule has 1 aromatic carbocycles. The number of aromatic nitrogens is 2. The van der Waals surface area contributed by atoms with Crippen LogP contribution in [0.4, 0.5) is 0 Å². The standard InChI is InChI=1S/C15H22N2O2S/c1-3-10-19-13-8-5-7-12-14(13)16-15(20)17(12)9-6-11-18-4-2/h5,7-8H,3-4,6,9-11H2,1-2H3,(H,16,20). The number of hydrogen-bond donors (Lipinski definition) is 1. The van der Waals surface area contributed by atoms with Crippen molar-refractivity contribution in [3.05, 3.63) is 23.0 Å². The zero-order valence-corrected chi connectivity index (χ0v) is 13.0. The molecule has 110 valence electrons. The highest BCUT2D eigenvalue weighted by molar-refractivity contribution is 7.71. The number of rotatable bonds is 8. The van der Waals surface area contributed by atoms with E-state index in [0.717, 1.165) is 60.8 Å². The van der Waals surface area contributed by atoms with Crippen LogP contribution in [0.15, 0.2) is 18.2 Å². The SMILES string of the molecule is CCCOc1cccc2c1[nH]c(=S)n2CCCOCC. The van der Waals surface area contributed by atoms with E-state index in [1.165, 1.54) is 0 Å². The molecule has 2 rings (SSSR count). The Balaban J connectivity index is 2.22. The first-order valence-corrected chi connectivity index (χ1v) is 7.60. The number of H-pyrrole nitrogens is 1. The molecular weight excluding hydrogens is 272 g/mol. The monoisotopic (exact) mass is 294 g/mol. The lowest BCUT2D eigenvalue weighted by Crippen LogP contribution is -2.02. The van der Waals surface area contributed by atoms with Gasteiger partial charge in [0.15, 0.2) is 4.77 Å². The fourth-order valence-corrected chi connectivity index (χ4v) is 2.47. The molecule has 1 N–H and O–H groups in total. The Labute approximate surface area is 124 Å². The number of nitrogens with one attached hydrogen (secondary N) is 1. The predicted molar refractivity (Wildman–Crippen MR) is 84.0 cm³/mol. The molecule has 4 nitrogen and oxygen atoms in total. The number of hydrogen-bond acceptors (Lipinski definition) is 3. The maximum atomic E-state index is 5.76. The van der Waals surface area contributed by atoms with Gasteiger partial charge in [-0.1, -0.05) is 13.0 Å². The van der Waals surface area contributed by atoms with Crippen LogP contribution in [-0.2, 0) is 11.3 Å². The minimum absolute atomic E-state index is 0.717. The topological polar surface area (TPSA) is 39.2 Å². The number of aryl methyl sites for hydroxylation is 1. The van der Waals surface area contributed by atoms with Crippen molar-refractivity contribution in [2.24, 2.45) is 0 Å². The largest absolute Gasteiger partial charge is 0.491 e. The van der Waals surface area contributed by atoms with Crippen molar-refractivity contribution in [2.45, 2.75) is 33.2 Å². The fraction of sp³-hybridized carbons (Fsp3) is 0.533. The second-order valence-corrected chi connectivity index (χ2v) is 5.02. The van der Waals surface area contributed by atoms with Gasteiger partial charge in [0.1, 0.15) is 11.3 Å². The lowest BCUT2D eigenvalue weighted by atomic mass is 10.3.